The Bertz CT molecular complexity index is 471. The van der Waals surface area contributed by atoms with Gasteiger partial charge in [-0.15, -0.1) is 12.4 Å². The Balaban J connectivity index is 0.00000441. The minimum atomic E-state index is -0.140. The van der Waals surface area contributed by atoms with Crippen LogP contribution in [0.1, 0.15) is 43.1 Å². The number of hydrogen-bond acceptors (Lipinski definition) is 3. The molecule has 6 heteroatoms. The van der Waals surface area contributed by atoms with Crippen molar-refractivity contribution < 1.29 is 9.59 Å². The largest absolute Gasteiger partial charge is 0.352 e. The van der Waals surface area contributed by atoms with Gasteiger partial charge < -0.3 is 16.0 Å². The van der Waals surface area contributed by atoms with Crippen LogP contribution < -0.4 is 11.1 Å². The summed E-state index contributed by atoms with van der Waals surface area (Å²) in [5, 5.41) is 2.81. The predicted octanol–water partition coefficient (Wildman–Crippen LogP) is 1.94. The van der Waals surface area contributed by atoms with Crippen molar-refractivity contribution >= 4 is 24.2 Å². The first-order chi connectivity index (χ1) is 9.97. The average molecular weight is 328 g/mol. The lowest BCUT2D eigenvalue weighted by Gasteiger charge is -2.18. The third kappa shape index (κ3) is 6.45. The smallest absolute Gasteiger partial charge is 0.253 e. The monoisotopic (exact) mass is 327 g/mol. The van der Waals surface area contributed by atoms with Crippen LogP contribution in [0.25, 0.3) is 0 Å². The molecule has 124 valence electrons. The standard InChI is InChI=1S/C16H25N3O2.ClH/c1-4-19(5-2)16(21)14-8-6-13(7-9-14)11-18-15(20)10-12(3)17;/h6-9,12H,4-5,10-11,17H2,1-3H3,(H,18,20);1H. The second-order valence-electron chi connectivity index (χ2n) is 5.13. The van der Waals surface area contributed by atoms with E-state index in [2.05, 4.69) is 5.32 Å². The average Bonchev–Trinajstić information content (AvgIpc) is 2.46. The molecule has 0 aliphatic carbocycles. The first kappa shape index (κ1) is 20.4. The molecule has 22 heavy (non-hydrogen) atoms. The molecule has 0 aromatic heterocycles. The first-order valence-electron chi connectivity index (χ1n) is 7.38. The number of nitrogens with zero attached hydrogens (tertiary/aromatic N) is 1. The van der Waals surface area contributed by atoms with Crippen molar-refractivity contribution in [3.63, 3.8) is 0 Å². The summed E-state index contributed by atoms with van der Waals surface area (Å²) in [7, 11) is 0. The van der Waals surface area contributed by atoms with E-state index in [-0.39, 0.29) is 30.3 Å². The molecular formula is C16H26ClN3O2. The summed E-state index contributed by atoms with van der Waals surface area (Å²) in [6.45, 7) is 7.57. The highest BCUT2D eigenvalue weighted by atomic mass is 35.5. The summed E-state index contributed by atoms with van der Waals surface area (Å²) in [5.41, 5.74) is 7.20. The van der Waals surface area contributed by atoms with Crippen LogP contribution in [0.5, 0.6) is 0 Å². The lowest BCUT2D eigenvalue weighted by molar-refractivity contribution is -0.121. The first-order valence-corrected chi connectivity index (χ1v) is 7.38. The lowest BCUT2D eigenvalue weighted by atomic mass is 10.1. The zero-order valence-corrected chi connectivity index (χ0v) is 14.3. The van der Waals surface area contributed by atoms with E-state index in [1.165, 1.54) is 0 Å². The zero-order chi connectivity index (χ0) is 15.8. The number of carbonyl (C=O) groups is 2. The Morgan fingerprint density at radius 2 is 1.73 bits per heavy atom. The minimum absolute atomic E-state index is 0. The number of halogens is 1. The van der Waals surface area contributed by atoms with Gasteiger partial charge in [0.1, 0.15) is 0 Å². The third-order valence-electron chi connectivity index (χ3n) is 3.25. The number of rotatable bonds is 7. The van der Waals surface area contributed by atoms with Gasteiger partial charge in [0, 0.05) is 37.7 Å². The number of carbonyl (C=O) groups excluding carboxylic acids is 2. The van der Waals surface area contributed by atoms with E-state index in [4.69, 9.17) is 5.73 Å². The maximum Gasteiger partial charge on any atom is 0.253 e. The molecule has 0 spiro atoms. The lowest BCUT2D eigenvalue weighted by Crippen LogP contribution is -2.30. The summed E-state index contributed by atoms with van der Waals surface area (Å²) in [4.78, 5) is 25.4. The molecule has 1 aromatic rings. The Hall–Kier alpha value is -1.59. The Morgan fingerprint density at radius 3 is 2.18 bits per heavy atom. The van der Waals surface area contributed by atoms with Crippen molar-refractivity contribution in [1.82, 2.24) is 10.2 Å². The zero-order valence-electron chi connectivity index (χ0n) is 13.5. The van der Waals surface area contributed by atoms with Crippen LogP contribution >= 0.6 is 12.4 Å². The number of hydrogen-bond donors (Lipinski definition) is 2. The van der Waals surface area contributed by atoms with E-state index in [1.54, 1.807) is 24.0 Å². The van der Waals surface area contributed by atoms with Crippen LogP contribution in [0.4, 0.5) is 0 Å². The predicted molar refractivity (Wildman–Crippen MR) is 91.1 cm³/mol. The van der Waals surface area contributed by atoms with E-state index in [0.29, 0.717) is 31.6 Å². The molecule has 0 bridgehead atoms. The van der Waals surface area contributed by atoms with Crippen LogP contribution in [-0.2, 0) is 11.3 Å². The SMILES string of the molecule is CCN(CC)C(=O)c1ccc(CNC(=O)CC(C)N)cc1.Cl. The Labute approximate surface area is 138 Å². The summed E-state index contributed by atoms with van der Waals surface area (Å²) in [6.07, 6.45) is 0.318. The van der Waals surface area contributed by atoms with Gasteiger partial charge >= 0.3 is 0 Å². The molecule has 3 N–H and O–H groups in total. The van der Waals surface area contributed by atoms with E-state index >= 15 is 0 Å². The summed E-state index contributed by atoms with van der Waals surface area (Å²) < 4.78 is 0. The van der Waals surface area contributed by atoms with Crippen LogP contribution in [-0.4, -0.2) is 35.8 Å². The van der Waals surface area contributed by atoms with Crippen LogP contribution in [0, 0.1) is 0 Å². The highest BCUT2D eigenvalue weighted by Crippen LogP contribution is 2.08. The second-order valence-corrected chi connectivity index (χ2v) is 5.13. The number of amides is 2. The number of nitrogens with two attached hydrogens (primary N) is 1. The number of benzene rings is 1. The molecule has 1 unspecified atom stereocenters. The van der Waals surface area contributed by atoms with Gasteiger partial charge in [-0.1, -0.05) is 12.1 Å². The molecule has 2 amide bonds. The highest BCUT2D eigenvalue weighted by Gasteiger charge is 2.12. The van der Waals surface area contributed by atoms with Crippen molar-refractivity contribution in [1.29, 1.82) is 0 Å². The van der Waals surface area contributed by atoms with E-state index in [1.807, 2.05) is 26.0 Å². The minimum Gasteiger partial charge on any atom is -0.352 e. The van der Waals surface area contributed by atoms with Gasteiger partial charge in [-0.3, -0.25) is 9.59 Å². The van der Waals surface area contributed by atoms with Gasteiger partial charge in [-0.2, -0.15) is 0 Å². The molecule has 1 rings (SSSR count). The van der Waals surface area contributed by atoms with Crippen LogP contribution in [0.3, 0.4) is 0 Å². The van der Waals surface area contributed by atoms with Crippen molar-refractivity contribution in [2.45, 2.75) is 39.8 Å². The molecule has 0 saturated carbocycles. The quantitative estimate of drug-likeness (QED) is 0.803. The molecule has 1 atom stereocenters. The molecular weight excluding hydrogens is 302 g/mol. The van der Waals surface area contributed by atoms with Crippen LogP contribution in [0.15, 0.2) is 24.3 Å². The fourth-order valence-electron chi connectivity index (χ4n) is 2.02. The molecule has 0 saturated heterocycles. The van der Waals surface area contributed by atoms with Crippen molar-refractivity contribution in [2.75, 3.05) is 13.1 Å². The Morgan fingerprint density at radius 1 is 1.18 bits per heavy atom. The van der Waals surface area contributed by atoms with Crippen molar-refractivity contribution in [2.24, 2.45) is 5.73 Å². The molecule has 0 aliphatic heterocycles. The molecule has 0 aliphatic rings. The summed E-state index contributed by atoms with van der Waals surface area (Å²) >= 11 is 0. The number of nitrogens with one attached hydrogen (secondary N) is 1. The highest BCUT2D eigenvalue weighted by molar-refractivity contribution is 5.94. The van der Waals surface area contributed by atoms with E-state index < -0.39 is 0 Å². The maximum absolute atomic E-state index is 12.1. The van der Waals surface area contributed by atoms with Crippen molar-refractivity contribution in [3.8, 4) is 0 Å². The van der Waals surface area contributed by atoms with Gasteiger partial charge in [0.05, 0.1) is 0 Å². The van der Waals surface area contributed by atoms with Crippen molar-refractivity contribution in [3.05, 3.63) is 35.4 Å². The van der Waals surface area contributed by atoms with Gasteiger partial charge in [-0.05, 0) is 38.5 Å². The summed E-state index contributed by atoms with van der Waals surface area (Å²) in [6, 6.07) is 7.19. The molecule has 0 fully saturated rings. The molecule has 5 nitrogen and oxygen atoms in total. The molecule has 0 heterocycles. The van der Waals surface area contributed by atoms with Crippen LogP contribution in [0.2, 0.25) is 0 Å². The second kappa shape index (κ2) is 10.2. The topological polar surface area (TPSA) is 75.4 Å². The summed E-state index contributed by atoms with van der Waals surface area (Å²) in [5.74, 6) is -0.0270. The maximum atomic E-state index is 12.1. The Kier molecular flexibility index (Phi) is 9.45. The van der Waals surface area contributed by atoms with Gasteiger partial charge in [-0.25, -0.2) is 0 Å². The molecule has 0 radical (unpaired) electrons. The van der Waals surface area contributed by atoms with Gasteiger partial charge in [0.2, 0.25) is 5.91 Å². The van der Waals surface area contributed by atoms with E-state index in [9.17, 15) is 9.59 Å². The third-order valence-corrected chi connectivity index (χ3v) is 3.25. The fourth-order valence-corrected chi connectivity index (χ4v) is 2.02. The van der Waals surface area contributed by atoms with Gasteiger partial charge in [0.25, 0.3) is 5.91 Å². The normalized spacial score (nSPS) is 11.3. The molecule has 1 aromatic carbocycles. The fraction of sp³-hybridized carbons (Fsp3) is 0.500. The van der Waals surface area contributed by atoms with E-state index in [0.717, 1.165) is 5.56 Å². The van der Waals surface area contributed by atoms with Gasteiger partial charge in [0.15, 0.2) is 0 Å².